The second kappa shape index (κ2) is 6.57. The molecule has 2 atom stereocenters. The molecule has 1 heterocycles. The smallest absolute Gasteiger partial charge is 0.123 e. The van der Waals surface area contributed by atoms with Gasteiger partial charge in [0.2, 0.25) is 0 Å². The first kappa shape index (κ1) is 13.9. The van der Waals surface area contributed by atoms with Gasteiger partial charge in [-0.1, -0.05) is 0 Å². The minimum absolute atomic E-state index is 0.0140. The summed E-state index contributed by atoms with van der Waals surface area (Å²) >= 11 is 0. The van der Waals surface area contributed by atoms with Crippen molar-refractivity contribution in [1.82, 2.24) is 5.32 Å². The van der Waals surface area contributed by atoms with Crippen molar-refractivity contribution in [3.63, 3.8) is 0 Å². The zero-order valence-corrected chi connectivity index (χ0v) is 11.4. The van der Waals surface area contributed by atoms with Crippen LogP contribution < -0.4 is 10.1 Å². The highest BCUT2D eigenvalue weighted by atomic mass is 19.1. The van der Waals surface area contributed by atoms with E-state index in [4.69, 9.17) is 9.47 Å². The van der Waals surface area contributed by atoms with E-state index in [2.05, 4.69) is 5.32 Å². The minimum atomic E-state index is -0.249. The first-order valence-electron chi connectivity index (χ1n) is 6.58. The van der Waals surface area contributed by atoms with E-state index in [1.807, 2.05) is 13.0 Å². The standard InChI is InChI=1S/C15H20FNO2/c1-11(17-10-13-5-3-4-8-19-13)14-9-12(16)6-7-15(14)18-2/h4,6-9,11,13,17H,3,5,10H2,1-2H3. The maximum atomic E-state index is 13.3. The van der Waals surface area contributed by atoms with Gasteiger partial charge in [-0.25, -0.2) is 4.39 Å². The Hall–Kier alpha value is -1.55. The Morgan fingerprint density at radius 2 is 2.37 bits per heavy atom. The van der Waals surface area contributed by atoms with Crippen molar-refractivity contribution in [1.29, 1.82) is 0 Å². The van der Waals surface area contributed by atoms with Gasteiger partial charge < -0.3 is 14.8 Å². The van der Waals surface area contributed by atoms with E-state index in [0.717, 1.165) is 24.9 Å². The van der Waals surface area contributed by atoms with Crippen molar-refractivity contribution in [2.75, 3.05) is 13.7 Å². The van der Waals surface area contributed by atoms with Crippen LogP contribution in [0.15, 0.2) is 30.5 Å². The molecule has 0 amide bonds. The second-order valence-electron chi connectivity index (χ2n) is 4.72. The number of allylic oxidation sites excluding steroid dienone is 1. The first-order chi connectivity index (χ1) is 9.20. The Morgan fingerprint density at radius 1 is 1.53 bits per heavy atom. The molecule has 0 saturated heterocycles. The Kier molecular flexibility index (Phi) is 4.80. The number of benzene rings is 1. The predicted octanol–water partition coefficient (Wildman–Crippen LogP) is 3.18. The van der Waals surface area contributed by atoms with Crippen molar-refractivity contribution in [2.24, 2.45) is 0 Å². The van der Waals surface area contributed by atoms with E-state index in [9.17, 15) is 4.39 Å². The molecule has 1 aliphatic heterocycles. The molecule has 0 saturated carbocycles. The van der Waals surface area contributed by atoms with E-state index >= 15 is 0 Å². The fraction of sp³-hybridized carbons (Fsp3) is 0.467. The lowest BCUT2D eigenvalue weighted by atomic mass is 10.1. The molecule has 0 radical (unpaired) electrons. The molecule has 0 fully saturated rings. The monoisotopic (exact) mass is 265 g/mol. The van der Waals surface area contributed by atoms with E-state index in [1.54, 1.807) is 19.4 Å². The highest BCUT2D eigenvalue weighted by Gasteiger charge is 2.16. The van der Waals surface area contributed by atoms with Crippen LogP contribution in [0.2, 0.25) is 0 Å². The normalized spacial score (nSPS) is 19.8. The van der Waals surface area contributed by atoms with Crippen molar-refractivity contribution in [3.05, 3.63) is 41.9 Å². The summed E-state index contributed by atoms with van der Waals surface area (Å²) in [6, 6.07) is 4.59. The van der Waals surface area contributed by atoms with Gasteiger partial charge in [0.25, 0.3) is 0 Å². The lowest BCUT2D eigenvalue weighted by Crippen LogP contribution is -2.31. The Labute approximate surface area is 113 Å². The van der Waals surface area contributed by atoms with Gasteiger partial charge in [0, 0.05) is 18.2 Å². The average Bonchev–Trinajstić information content (AvgIpc) is 2.46. The maximum Gasteiger partial charge on any atom is 0.123 e. The van der Waals surface area contributed by atoms with Crippen molar-refractivity contribution < 1.29 is 13.9 Å². The first-order valence-corrected chi connectivity index (χ1v) is 6.58. The van der Waals surface area contributed by atoms with Crippen LogP contribution in [0, 0.1) is 5.82 Å². The van der Waals surface area contributed by atoms with Gasteiger partial charge in [-0.05, 0) is 44.0 Å². The number of hydrogen-bond acceptors (Lipinski definition) is 3. The summed E-state index contributed by atoms with van der Waals surface area (Å²) in [4.78, 5) is 0. The topological polar surface area (TPSA) is 30.5 Å². The maximum absolute atomic E-state index is 13.3. The Morgan fingerprint density at radius 3 is 3.05 bits per heavy atom. The number of methoxy groups -OCH3 is 1. The Balaban J connectivity index is 1.96. The van der Waals surface area contributed by atoms with Crippen LogP contribution in [0.5, 0.6) is 5.75 Å². The largest absolute Gasteiger partial charge is 0.497 e. The molecule has 104 valence electrons. The zero-order valence-electron chi connectivity index (χ0n) is 11.4. The number of ether oxygens (including phenoxy) is 2. The molecule has 3 nitrogen and oxygen atoms in total. The molecule has 0 bridgehead atoms. The molecule has 0 spiro atoms. The summed E-state index contributed by atoms with van der Waals surface area (Å²) in [5.74, 6) is 0.451. The number of hydrogen-bond donors (Lipinski definition) is 1. The summed E-state index contributed by atoms with van der Waals surface area (Å²) in [6.07, 6.45) is 6.02. The van der Waals surface area contributed by atoms with Crippen LogP contribution >= 0.6 is 0 Å². The van der Waals surface area contributed by atoms with Gasteiger partial charge >= 0.3 is 0 Å². The van der Waals surface area contributed by atoms with E-state index in [1.165, 1.54) is 12.1 Å². The summed E-state index contributed by atoms with van der Waals surface area (Å²) in [5.41, 5.74) is 0.828. The molecule has 1 aromatic carbocycles. The van der Waals surface area contributed by atoms with Gasteiger partial charge in [0.05, 0.1) is 13.4 Å². The molecule has 19 heavy (non-hydrogen) atoms. The summed E-state index contributed by atoms with van der Waals surface area (Å²) in [6.45, 7) is 2.74. The van der Waals surface area contributed by atoms with Crippen LogP contribution in [-0.2, 0) is 4.74 Å². The van der Waals surface area contributed by atoms with Crippen molar-refractivity contribution in [2.45, 2.75) is 31.9 Å². The van der Waals surface area contributed by atoms with Crippen LogP contribution in [0.25, 0.3) is 0 Å². The SMILES string of the molecule is COc1ccc(F)cc1C(C)NCC1CCC=CO1. The van der Waals surface area contributed by atoms with Crippen LogP contribution in [0.1, 0.15) is 31.4 Å². The molecule has 0 aromatic heterocycles. The quantitative estimate of drug-likeness (QED) is 0.887. The van der Waals surface area contributed by atoms with Gasteiger partial charge in [0.15, 0.2) is 0 Å². The third-order valence-electron chi connectivity index (χ3n) is 3.33. The molecule has 1 aromatic rings. The lowest BCUT2D eigenvalue weighted by molar-refractivity contribution is 0.119. The fourth-order valence-electron chi connectivity index (χ4n) is 2.20. The van der Waals surface area contributed by atoms with Gasteiger partial charge in [-0.3, -0.25) is 0 Å². The number of rotatable bonds is 5. The van der Waals surface area contributed by atoms with Gasteiger partial charge in [-0.2, -0.15) is 0 Å². The van der Waals surface area contributed by atoms with E-state index in [-0.39, 0.29) is 18.0 Å². The van der Waals surface area contributed by atoms with Gasteiger partial charge in [-0.15, -0.1) is 0 Å². The molecule has 4 heteroatoms. The summed E-state index contributed by atoms with van der Waals surface area (Å²) in [7, 11) is 1.60. The van der Waals surface area contributed by atoms with Crippen LogP contribution in [-0.4, -0.2) is 19.8 Å². The Bertz CT molecular complexity index is 448. The van der Waals surface area contributed by atoms with E-state index < -0.39 is 0 Å². The highest BCUT2D eigenvalue weighted by Crippen LogP contribution is 2.26. The third-order valence-corrected chi connectivity index (χ3v) is 3.33. The summed E-state index contributed by atoms with van der Waals surface area (Å²) < 4.78 is 24.1. The summed E-state index contributed by atoms with van der Waals surface area (Å²) in [5, 5.41) is 3.36. The molecule has 2 rings (SSSR count). The van der Waals surface area contributed by atoms with Crippen molar-refractivity contribution >= 4 is 0 Å². The highest BCUT2D eigenvalue weighted by molar-refractivity contribution is 5.36. The number of halogens is 1. The molecule has 2 unspecified atom stereocenters. The van der Waals surface area contributed by atoms with E-state index in [0.29, 0.717) is 5.75 Å². The zero-order chi connectivity index (χ0) is 13.7. The second-order valence-corrected chi connectivity index (χ2v) is 4.72. The molecule has 0 aliphatic carbocycles. The number of nitrogens with one attached hydrogen (secondary N) is 1. The van der Waals surface area contributed by atoms with Crippen molar-refractivity contribution in [3.8, 4) is 5.75 Å². The van der Waals surface area contributed by atoms with Crippen LogP contribution in [0.3, 0.4) is 0 Å². The fourth-order valence-corrected chi connectivity index (χ4v) is 2.20. The predicted molar refractivity (Wildman–Crippen MR) is 72.6 cm³/mol. The molecule has 1 N–H and O–H groups in total. The molecular weight excluding hydrogens is 245 g/mol. The average molecular weight is 265 g/mol. The van der Waals surface area contributed by atoms with Crippen LogP contribution in [0.4, 0.5) is 4.39 Å². The van der Waals surface area contributed by atoms with Gasteiger partial charge in [0.1, 0.15) is 17.7 Å². The minimum Gasteiger partial charge on any atom is -0.497 e. The lowest BCUT2D eigenvalue weighted by Gasteiger charge is -2.23. The molecule has 1 aliphatic rings. The molecular formula is C15H20FNO2. The third kappa shape index (κ3) is 3.70.